The van der Waals surface area contributed by atoms with Gasteiger partial charge in [0.2, 0.25) is 0 Å². The summed E-state index contributed by atoms with van der Waals surface area (Å²) in [5.41, 5.74) is 3.02. The summed E-state index contributed by atoms with van der Waals surface area (Å²) in [6, 6.07) is 3.35. The third kappa shape index (κ3) is 1.92. The van der Waals surface area contributed by atoms with Gasteiger partial charge in [-0.2, -0.15) is 0 Å². The molecule has 0 radical (unpaired) electrons. The zero-order valence-electron chi connectivity index (χ0n) is 7.09. The number of halogens is 1. The van der Waals surface area contributed by atoms with Crippen molar-refractivity contribution in [3.05, 3.63) is 45.6 Å². The van der Waals surface area contributed by atoms with E-state index in [1.54, 1.807) is 29.2 Å². The second-order valence-corrected chi connectivity index (χ2v) is 3.83. The third-order valence-electron chi connectivity index (χ3n) is 1.80. The molecule has 1 unspecified atom stereocenters. The molecule has 0 aliphatic heterocycles. The Balaban J connectivity index is 2.32. The Morgan fingerprint density at radius 3 is 2.93 bits per heavy atom. The standard InChI is InChI=1S/C9H7ClN2OS/c10-8-3-6(1-2-11-8)9(13)7-4-14-5-12-7/h1-5,9,13H. The molecule has 0 aliphatic carbocycles. The summed E-state index contributed by atoms with van der Waals surface area (Å²) in [5, 5.41) is 12.0. The molecule has 0 aromatic carbocycles. The van der Waals surface area contributed by atoms with Crippen LogP contribution in [0.15, 0.2) is 29.2 Å². The molecule has 2 rings (SSSR count). The molecule has 0 fully saturated rings. The van der Waals surface area contributed by atoms with Gasteiger partial charge < -0.3 is 5.11 Å². The summed E-state index contributed by atoms with van der Waals surface area (Å²) >= 11 is 7.16. The van der Waals surface area contributed by atoms with Crippen LogP contribution in [0.3, 0.4) is 0 Å². The Bertz CT molecular complexity index is 419. The maximum absolute atomic E-state index is 9.86. The molecule has 2 aromatic heterocycles. The summed E-state index contributed by atoms with van der Waals surface area (Å²) in [4.78, 5) is 7.87. The van der Waals surface area contributed by atoms with Crippen molar-refractivity contribution in [2.75, 3.05) is 0 Å². The zero-order chi connectivity index (χ0) is 9.97. The monoisotopic (exact) mass is 226 g/mol. The number of hydrogen-bond donors (Lipinski definition) is 1. The van der Waals surface area contributed by atoms with Gasteiger partial charge in [0.15, 0.2) is 0 Å². The zero-order valence-corrected chi connectivity index (χ0v) is 8.66. The Hall–Kier alpha value is -0.970. The fourth-order valence-electron chi connectivity index (χ4n) is 1.12. The van der Waals surface area contributed by atoms with E-state index in [1.165, 1.54) is 11.3 Å². The van der Waals surface area contributed by atoms with E-state index in [2.05, 4.69) is 9.97 Å². The molecular weight excluding hydrogens is 220 g/mol. The van der Waals surface area contributed by atoms with E-state index in [-0.39, 0.29) is 0 Å². The van der Waals surface area contributed by atoms with Crippen LogP contribution in [0.4, 0.5) is 0 Å². The van der Waals surface area contributed by atoms with Gasteiger partial charge in [0, 0.05) is 11.6 Å². The summed E-state index contributed by atoms with van der Waals surface area (Å²) < 4.78 is 0. The van der Waals surface area contributed by atoms with E-state index in [1.807, 2.05) is 0 Å². The quantitative estimate of drug-likeness (QED) is 0.800. The van der Waals surface area contributed by atoms with Crippen LogP contribution in [-0.4, -0.2) is 15.1 Å². The average Bonchev–Trinajstić information content (AvgIpc) is 2.69. The van der Waals surface area contributed by atoms with Crippen LogP contribution < -0.4 is 0 Å². The Kier molecular flexibility index (Phi) is 2.77. The smallest absolute Gasteiger partial charge is 0.129 e. The van der Waals surface area contributed by atoms with Gasteiger partial charge >= 0.3 is 0 Å². The van der Waals surface area contributed by atoms with Crippen LogP contribution >= 0.6 is 22.9 Å². The molecule has 0 amide bonds. The first-order valence-corrected chi connectivity index (χ1v) is 5.27. The molecule has 0 bridgehead atoms. The fourth-order valence-corrected chi connectivity index (χ4v) is 1.87. The van der Waals surface area contributed by atoms with Gasteiger partial charge in [0.05, 0.1) is 11.2 Å². The topological polar surface area (TPSA) is 46.0 Å². The maximum atomic E-state index is 9.86. The van der Waals surface area contributed by atoms with Crippen LogP contribution in [-0.2, 0) is 0 Å². The summed E-state index contributed by atoms with van der Waals surface area (Å²) in [5.74, 6) is 0. The van der Waals surface area contributed by atoms with E-state index < -0.39 is 6.10 Å². The van der Waals surface area contributed by atoms with Gasteiger partial charge in [-0.1, -0.05) is 11.6 Å². The van der Waals surface area contributed by atoms with Crippen molar-refractivity contribution in [2.24, 2.45) is 0 Å². The normalized spacial score (nSPS) is 12.7. The van der Waals surface area contributed by atoms with Gasteiger partial charge in [-0.25, -0.2) is 9.97 Å². The van der Waals surface area contributed by atoms with Gasteiger partial charge in [-0.3, -0.25) is 0 Å². The number of pyridine rings is 1. The molecule has 0 saturated heterocycles. The molecule has 5 heteroatoms. The minimum Gasteiger partial charge on any atom is -0.382 e. The van der Waals surface area contributed by atoms with Gasteiger partial charge in [0.25, 0.3) is 0 Å². The highest BCUT2D eigenvalue weighted by molar-refractivity contribution is 7.07. The van der Waals surface area contributed by atoms with Crippen LogP contribution in [0, 0.1) is 0 Å². The maximum Gasteiger partial charge on any atom is 0.129 e. The summed E-state index contributed by atoms with van der Waals surface area (Å²) in [7, 11) is 0. The van der Waals surface area contributed by atoms with Crippen molar-refractivity contribution in [1.29, 1.82) is 0 Å². The molecule has 3 nitrogen and oxygen atoms in total. The molecule has 1 atom stereocenters. The van der Waals surface area contributed by atoms with Gasteiger partial charge in [-0.05, 0) is 17.7 Å². The molecule has 72 valence electrons. The second-order valence-electron chi connectivity index (χ2n) is 2.73. The lowest BCUT2D eigenvalue weighted by molar-refractivity contribution is 0.216. The summed E-state index contributed by atoms with van der Waals surface area (Å²) in [6.07, 6.45) is 0.842. The predicted octanol–water partition coefficient (Wildman–Crippen LogP) is 2.27. The lowest BCUT2D eigenvalue weighted by Gasteiger charge is -2.07. The molecular formula is C9H7ClN2OS. The molecule has 0 aliphatic rings. The van der Waals surface area contributed by atoms with Crippen molar-refractivity contribution in [3.8, 4) is 0 Å². The Morgan fingerprint density at radius 2 is 2.29 bits per heavy atom. The van der Waals surface area contributed by atoms with Gasteiger partial charge in [0.1, 0.15) is 11.3 Å². The molecule has 1 N–H and O–H groups in total. The highest BCUT2D eigenvalue weighted by Crippen LogP contribution is 2.22. The van der Waals surface area contributed by atoms with E-state index >= 15 is 0 Å². The average molecular weight is 227 g/mol. The molecule has 0 spiro atoms. The number of hydrogen-bond acceptors (Lipinski definition) is 4. The first-order valence-electron chi connectivity index (χ1n) is 3.95. The number of aromatic nitrogens is 2. The van der Waals surface area contributed by atoms with Crippen LogP contribution in [0.2, 0.25) is 5.15 Å². The molecule has 2 aromatic rings. The first kappa shape index (κ1) is 9.58. The van der Waals surface area contributed by atoms with Gasteiger partial charge in [-0.15, -0.1) is 11.3 Å². The van der Waals surface area contributed by atoms with Crippen LogP contribution in [0.5, 0.6) is 0 Å². The lowest BCUT2D eigenvalue weighted by Crippen LogP contribution is -1.99. The Labute approximate surface area is 90.0 Å². The van der Waals surface area contributed by atoms with Crippen molar-refractivity contribution in [2.45, 2.75) is 6.10 Å². The highest BCUT2D eigenvalue weighted by Gasteiger charge is 2.12. The first-order chi connectivity index (χ1) is 6.77. The van der Waals surface area contributed by atoms with E-state index in [9.17, 15) is 5.11 Å². The number of rotatable bonds is 2. The van der Waals surface area contributed by atoms with Crippen LogP contribution in [0.25, 0.3) is 0 Å². The van der Waals surface area contributed by atoms with Crippen molar-refractivity contribution >= 4 is 22.9 Å². The molecule has 0 saturated carbocycles. The number of thiazole rings is 1. The van der Waals surface area contributed by atoms with Crippen molar-refractivity contribution in [1.82, 2.24) is 9.97 Å². The second kappa shape index (κ2) is 4.04. The lowest BCUT2D eigenvalue weighted by atomic mass is 10.1. The predicted molar refractivity (Wildman–Crippen MR) is 55.4 cm³/mol. The van der Waals surface area contributed by atoms with E-state index in [0.29, 0.717) is 16.4 Å². The SMILES string of the molecule is OC(c1ccnc(Cl)c1)c1cscn1. The third-order valence-corrected chi connectivity index (χ3v) is 2.61. The largest absolute Gasteiger partial charge is 0.382 e. The van der Waals surface area contributed by atoms with E-state index in [0.717, 1.165) is 0 Å². The van der Waals surface area contributed by atoms with E-state index in [4.69, 9.17) is 11.6 Å². The highest BCUT2D eigenvalue weighted by atomic mass is 35.5. The minimum atomic E-state index is -0.721. The minimum absolute atomic E-state index is 0.372. The number of aliphatic hydroxyl groups is 1. The molecule has 2 heterocycles. The fraction of sp³-hybridized carbons (Fsp3) is 0.111. The number of nitrogens with zero attached hydrogens (tertiary/aromatic N) is 2. The summed E-state index contributed by atoms with van der Waals surface area (Å²) in [6.45, 7) is 0. The number of aliphatic hydroxyl groups excluding tert-OH is 1. The van der Waals surface area contributed by atoms with Crippen molar-refractivity contribution in [3.63, 3.8) is 0 Å². The van der Waals surface area contributed by atoms with Crippen molar-refractivity contribution < 1.29 is 5.11 Å². The molecule has 14 heavy (non-hydrogen) atoms. The Morgan fingerprint density at radius 1 is 1.43 bits per heavy atom. The van der Waals surface area contributed by atoms with Crippen LogP contribution in [0.1, 0.15) is 17.4 Å².